The molecule has 218 valence electrons. The van der Waals surface area contributed by atoms with Crippen LogP contribution in [-0.2, 0) is 5.41 Å². The topological polar surface area (TPSA) is 88.4 Å². The molecule has 0 heterocycles. The fourth-order valence-corrected chi connectivity index (χ4v) is 6.19. The second-order valence-electron chi connectivity index (χ2n) is 10.3. The van der Waals surface area contributed by atoms with Gasteiger partial charge in [-0.2, -0.15) is 0 Å². The van der Waals surface area contributed by atoms with Gasteiger partial charge in [0.2, 0.25) is 0 Å². The molecule has 3 N–H and O–H groups in total. The van der Waals surface area contributed by atoms with Gasteiger partial charge in [0.05, 0.1) is 25.2 Å². The zero-order chi connectivity index (χ0) is 29.6. The molecule has 6 rings (SSSR count). The fourth-order valence-electron chi connectivity index (χ4n) is 6.19. The van der Waals surface area contributed by atoms with Gasteiger partial charge in [-0.05, 0) is 80.9 Å². The Hall–Kier alpha value is -4.62. The van der Waals surface area contributed by atoms with E-state index in [-0.39, 0.29) is 39.6 Å². The predicted octanol–water partition coefficient (Wildman–Crippen LogP) is 5.83. The van der Waals surface area contributed by atoms with Crippen LogP contribution < -0.4 is 14.2 Å². The molecule has 5 aromatic carbocycles. The number of aliphatic hydroxyl groups excluding tert-OH is 3. The molecule has 0 unspecified atom stereocenters. The highest BCUT2D eigenvalue weighted by atomic mass is 16.5. The average Bonchev–Trinajstić information content (AvgIpc) is 3.37. The number of benzene rings is 5. The maximum absolute atomic E-state index is 9.27. The molecule has 1 aliphatic carbocycles. The number of ether oxygens (including phenoxy) is 3. The van der Waals surface area contributed by atoms with Gasteiger partial charge in [0.1, 0.15) is 37.1 Å². The zero-order valence-electron chi connectivity index (χ0n) is 23.8. The first-order valence-corrected chi connectivity index (χ1v) is 14.5. The Morgan fingerprint density at radius 1 is 0.442 bits per heavy atom. The lowest BCUT2D eigenvalue weighted by Crippen LogP contribution is -2.29. The Morgan fingerprint density at radius 2 is 0.884 bits per heavy atom. The minimum absolute atomic E-state index is 0.0393. The summed E-state index contributed by atoms with van der Waals surface area (Å²) in [6.07, 6.45) is 0. The van der Waals surface area contributed by atoms with Gasteiger partial charge in [-0.25, -0.2) is 0 Å². The van der Waals surface area contributed by atoms with Gasteiger partial charge < -0.3 is 29.5 Å². The standard InChI is InChI=1S/C37H34O6/c38-20-23-41-29-14-8-26(9-15-29)32-5-3-6-34-33-4-1-2-7-35(33)37(36(32)34,27-10-16-30(17-11-27)42-24-21-39)28-12-18-31(19-13-28)43-25-22-40/h1-19,38-40H,20-25H2. The molecule has 0 saturated carbocycles. The number of rotatable bonds is 12. The highest BCUT2D eigenvalue weighted by Gasteiger charge is 2.47. The van der Waals surface area contributed by atoms with Gasteiger partial charge >= 0.3 is 0 Å². The highest BCUT2D eigenvalue weighted by Crippen LogP contribution is 2.58. The highest BCUT2D eigenvalue weighted by molar-refractivity contribution is 5.92. The van der Waals surface area contributed by atoms with Crippen molar-refractivity contribution in [3.05, 3.63) is 138 Å². The maximum atomic E-state index is 9.27. The largest absolute Gasteiger partial charge is 0.491 e. The van der Waals surface area contributed by atoms with Crippen LogP contribution in [0.1, 0.15) is 22.3 Å². The van der Waals surface area contributed by atoms with Crippen LogP contribution in [0.5, 0.6) is 17.2 Å². The molecular weight excluding hydrogens is 540 g/mol. The smallest absolute Gasteiger partial charge is 0.119 e. The van der Waals surface area contributed by atoms with Gasteiger partial charge in [0, 0.05) is 0 Å². The van der Waals surface area contributed by atoms with E-state index in [1.807, 2.05) is 36.4 Å². The van der Waals surface area contributed by atoms with E-state index in [0.29, 0.717) is 17.2 Å². The summed E-state index contributed by atoms with van der Waals surface area (Å²) in [7, 11) is 0. The van der Waals surface area contributed by atoms with Crippen molar-refractivity contribution in [2.75, 3.05) is 39.6 Å². The second kappa shape index (κ2) is 12.7. The van der Waals surface area contributed by atoms with E-state index in [0.717, 1.165) is 27.8 Å². The van der Waals surface area contributed by atoms with E-state index in [2.05, 4.69) is 78.9 Å². The molecular formula is C37H34O6. The summed E-state index contributed by atoms with van der Waals surface area (Å²) in [5.41, 5.74) is 8.32. The van der Waals surface area contributed by atoms with Crippen LogP contribution in [0.2, 0.25) is 0 Å². The van der Waals surface area contributed by atoms with Gasteiger partial charge in [-0.1, -0.05) is 78.9 Å². The molecule has 0 bridgehead atoms. The zero-order valence-corrected chi connectivity index (χ0v) is 23.8. The third-order valence-electron chi connectivity index (χ3n) is 7.88. The van der Waals surface area contributed by atoms with E-state index >= 15 is 0 Å². The molecule has 5 aromatic rings. The van der Waals surface area contributed by atoms with E-state index in [1.165, 1.54) is 16.7 Å². The van der Waals surface area contributed by atoms with Crippen molar-refractivity contribution in [2.24, 2.45) is 0 Å². The van der Waals surface area contributed by atoms with Crippen LogP contribution >= 0.6 is 0 Å². The minimum Gasteiger partial charge on any atom is -0.491 e. The van der Waals surface area contributed by atoms with Crippen molar-refractivity contribution >= 4 is 0 Å². The maximum Gasteiger partial charge on any atom is 0.119 e. The monoisotopic (exact) mass is 574 g/mol. The average molecular weight is 575 g/mol. The van der Waals surface area contributed by atoms with Gasteiger partial charge in [-0.3, -0.25) is 0 Å². The van der Waals surface area contributed by atoms with E-state index in [1.54, 1.807) is 0 Å². The van der Waals surface area contributed by atoms with Crippen LogP contribution in [0.15, 0.2) is 115 Å². The van der Waals surface area contributed by atoms with E-state index < -0.39 is 5.41 Å². The molecule has 0 fully saturated rings. The van der Waals surface area contributed by atoms with Crippen molar-refractivity contribution in [2.45, 2.75) is 5.41 Å². The molecule has 0 aromatic heterocycles. The van der Waals surface area contributed by atoms with Crippen LogP contribution in [0.4, 0.5) is 0 Å². The summed E-state index contributed by atoms with van der Waals surface area (Å²) in [5, 5.41) is 27.7. The van der Waals surface area contributed by atoms with E-state index in [9.17, 15) is 15.3 Å². The number of hydrogen-bond acceptors (Lipinski definition) is 6. The summed E-state index contributed by atoms with van der Waals surface area (Å²) in [6.45, 7) is 0.562. The molecule has 0 radical (unpaired) electrons. The molecule has 0 spiro atoms. The van der Waals surface area contributed by atoms with Crippen molar-refractivity contribution in [1.29, 1.82) is 0 Å². The van der Waals surface area contributed by atoms with Crippen molar-refractivity contribution in [1.82, 2.24) is 0 Å². The Balaban J connectivity index is 1.60. The Kier molecular flexibility index (Phi) is 8.43. The van der Waals surface area contributed by atoms with Crippen LogP contribution in [-0.4, -0.2) is 55.0 Å². The third kappa shape index (κ3) is 5.25. The Labute approximate surface area is 251 Å². The number of fused-ring (bicyclic) bond motifs is 3. The first kappa shape index (κ1) is 28.5. The predicted molar refractivity (Wildman–Crippen MR) is 167 cm³/mol. The molecule has 6 heteroatoms. The number of hydrogen-bond donors (Lipinski definition) is 3. The lowest BCUT2D eigenvalue weighted by Gasteiger charge is -2.35. The summed E-state index contributed by atoms with van der Waals surface area (Å²) in [6, 6.07) is 39.3. The lowest BCUT2D eigenvalue weighted by molar-refractivity contribution is 0.201. The summed E-state index contributed by atoms with van der Waals surface area (Å²) < 4.78 is 17.1. The van der Waals surface area contributed by atoms with Gasteiger partial charge in [0.15, 0.2) is 0 Å². The van der Waals surface area contributed by atoms with E-state index in [4.69, 9.17) is 14.2 Å². The van der Waals surface area contributed by atoms with Crippen molar-refractivity contribution in [3.8, 4) is 39.5 Å². The molecule has 0 amide bonds. The van der Waals surface area contributed by atoms with Crippen LogP contribution in [0, 0.1) is 0 Å². The fraction of sp³-hybridized carbons (Fsp3) is 0.189. The quantitative estimate of drug-likeness (QED) is 0.171. The molecule has 0 saturated heterocycles. The summed E-state index contributed by atoms with van der Waals surface area (Å²) in [5.74, 6) is 2.09. The first-order valence-electron chi connectivity index (χ1n) is 14.5. The third-order valence-corrected chi connectivity index (χ3v) is 7.88. The molecule has 1 aliphatic rings. The van der Waals surface area contributed by atoms with Crippen molar-refractivity contribution < 1.29 is 29.5 Å². The Morgan fingerprint density at radius 3 is 1.40 bits per heavy atom. The second-order valence-corrected chi connectivity index (χ2v) is 10.3. The lowest BCUT2D eigenvalue weighted by atomic mass is 9.66. The van der Waals surface area contributed by atoms with Gasteiger partial charge in [-0.15, -0.1) is 0 Å². The van der Waals surface area contributed by atoms with Crippen LogP contribution in [0.25, 0.3) is 22.3 Å². The molecule has 6 nitrogen and oxygen atoms in total. The van der Waals surface area contributed by atoms with Gasteiger partial charge in [0.25, 0.3) is 0 Å². The summed E-state index contributed by atoms with van der Waals surface area (Å²) in [4.78, 5) is 0. The van der Waals surface area contributed by atoms with Crippen molar-refractivity contribution in [3.63, 3.8) is 0 Å². The molecule has 43 heavy (non-hydrogen) atoms. The normalized spacial score (nSPS) is 12.8. The minimum atomic E-state index is -0.667. The summed E-state index contributed by atoms with van der Waals surface area (Å²) >= 11 is 0. The molecule has 0 aliphatic heterocycles. The number of aliphatic hydroxyl groups is 3. The first-order chi connectivity index (χ1) is 21.2. The SMILES string of the molecule is OCCOc1ccc(-c2cccc3c2C(c2ccc(OCCO)cc2)(c2ccc(OCCO)cc2)c2ccccc2-3)cc1. The Bertz CT molecular complexity index is 1610. The van der Waals surface area contributed by atoms with Crippen LogP contribution in [0.3, 0.4) is 0 Å². The molecule has 0 atom stereocenters.